The predicted molar refractivity (Wildman–Crippen MR) is 99.1 cm³/mol. The van der Waals surface area contributed by atoms with Gasteiger partial charge in [-0.1, -0.05) is 30.3 Å². The quantitative estimate of drug-likeness (QED) is 0.829. The highest BCUT2D eigenvalue weighted by Gasteiger charge is 2.38. The number of carbonyl (C=O) groups is 2. The Labute approximate surface area is 153 Å². The number of aromatic nitrogens is 1. The van der Waals surface area contributed by atoms with Crippen LogP contribution in [0, 0.1) is 0 Å². The van der Waals surface area contributed by atoms with E-state index in [1.807, 2.05) is 47.4 Å². The Morgan fingerprint density at radius 3 is 2.62 bits per heavy atom. The van der Waals surface area contributed by atoms with E-state index in [4.69, 9.17) is 0 Å². The first-order chi connectivity index (χ1) is 12.7. The highest BCUT2D eigenvalue weighted by atomic mass is 16.2. The van der Waals surface area contributed by atoms with Gasteiger partial charge in [-0.15, -0.1) is 0 Å². The fourth-order valence-corrected chi connectivity index (χ4v) is 3.45. The zero-order chi connectivity index (χ0) is 18.4. The van der Waals surface area contributed by atoms with Crippen LogP contribution in [0.25, 0.3) is 0 Å². The molecule has 6 nitrogen and oxygen atoms in total. The minimum atomic E-state index is -0.458. The normalized spacial score (nSPS) is 18.3. The van der Waals surface area contributed by atoms with E-state index in [9.17, 15) is 9.59 Å². The lowest BCUT2D eigenvalue weighted by atomic mass is 10.0. The van der Waals surface area contributed by atoms with E-state index in [0.29, 0.717) is 6.54 Å². The topological polar surface area (TPSA) is 74.3 Å². The van der Waals surface area contributed by atoms with Crippen molar-refractivity contribution in [1.82, 2.24) is 20.5 Å². The highest BCUT2D eigenvalue weighted by molar-refractivity contribution is 5.86. The van der Waals surface area contributed by atoms with Crippen LogP contribution < -0.4 is 10.6 Å². The minimum absolute atomic E-state index is 0.0378. The van der Waals surface area contributed by atoms with Gasteiger partial charge in [-0.05, 0) is 36.1 Å². The molecule has 3 rings (SSSR count). The Balaban J connectivity index is 1.74. The van der Waals surface area contributed by atoms with Crippen LogP contribution in [0.1, 0.15) is 30.0 Å². The number of likely N-dealkylation sites (N-methyl/N-ethyl adjacent to an activating group) is 1. The van der Waals surface area contributed by atoms with Crippen LogP contribution in [-0.4, -0.2) is 41.3 Å². The standard InChI is InChI=1S/C20H24N4O2/c1-21-20(26)18(16-6-3-2-4-7-16)24-13-5-8-17(24)19(25)23-14-15-9-11-22-12-10-15/h2-4,6-7,9-12,17-18H,5,8,13-14H2,1H3,(H,21,26)(H,23,25)/t17-,18+/m0/s1. The van der Waals surface area contributed by atoms with E-state index in [1.165, 1.54) is 0 Å². The van der Waals surface area contributed by atoms with E-state index in [-0.39, 0.29) is 17.9 Å². The number of nitrogens with one attached hydrogen (secondary N) is 2. The molecule has 1 fully saturated rings. The third-order valence-electron chi connectivity index (χ3n) is 4.75. The van der Waals surface area contributed by atoms with Crippen molar-refractivity contribution in [2.24, 2.45) is 0 Å². The molecule has 2 amide bonds. The largest absolute Gasteiger partial charge is 0.358 e. The maximum Gasteiger partial charge on any atom is 0.241 e. The van der Waals surface area contributed by atoms with Crippen LogP contribution in [0.4, 0.5) is 0 Å². The second kappa shape index (κ2) is 8.58. The van der Waals surface area contributed by atoms with Crippen LogP contribution in [-0.2, 0) is 16.1 Å². The van der Waals surface area contributed by atoms with Gasteiger partial charge in [-0.2, -0.15) is 0 Å². The van der Waals surface area contributed by atoms with Gasteiger partial charge >= 0.3 is 0 Å². The summed E-state index contributed by atoms with van der Waals surface area (Å²) in [7, 11) is 1.63. The Morgan fingerprint density at radius 2 is 1.92 bits per heavy atom. The van der Waals surface area contributed by atoms with Gasteiger partial charge < -0.3 is 10.6 Å². The molecule has 2 heterocycles. The van der Waals surface area contributed by atoms with Crippen molar-refractivity contribution in [1.29, 1.82) is 0 Å². The average molecular weight is 352 g/mol. The molecular formula is C20H24N4O2. The number of carbonyl (C=O) groups excluding carboxylic acids is 2. The molecule has 136 valence electrons. The summed E-state index contributed by atoms with van der Waals surface area (Å²) in [5, 5.41) is 5.73. The Kier molecular flexibility index (Phi) is 5.96. The monoisotopic (exact) mass is 352 g/mol. The van der Waals surface area contributed by atoms with Gasteiger partial charge in [-0.25, -0.2) is 0 Å². The van der Waals surface area contributed by atoms with Gasteiger partial charge in [0.1, 0.15) is 6.04 Å². The number of nitrogens with zero attached hydrogens (tertiary/aromatic N) is 2. The Bertz CT molecular complexity index is 736. The molecule has 2 N–H and O–H groups in total. The molecule has 0 unspecified atom stereocenters. The van der Waals surface area contributed by atoms with Crippen LogP contribution in [0.2, 0.25) is 0 Å². The average Bonchev–Trinajstić information content (AvgIpc) is 3.17. The molecule has 1 aliphatic rings. The van der Waals surface area contributed by atoms with Crippen molar-refractivity contribution in [2.45, 2.75) is 31.5 Å². The van der Waals surface area contributed by atoms with Crippen LogP contribution in [0.3, 0.4) is 0 Å². The molecular weight excluding hydrogens is 328 g/mol. The second-order valence-electron chi connectivity index (χ2n) is 6.40. The number of hydrogen-bond acceptors (Lipinski definition) is 4. The van der Waals surface area contributed by atoms with E-state index < -0.39 is 6.04 Å². The lowest BCUT2D eigenvalue weighted by Crippen LogP contribution is -2.48. The number of rotatable bonds is 6. The predicted octanol–water partition coefficient (Wildman–Crippen LogP) is 1.65. The number of likely N-dealkylation sites (tertiary alicyclic amines) is 1. The molecule has 0 aliphatic carbocycles. The number of hydrogen-bond donors (Lipinski definition) is 2. The van der Waals surface area contributed by atoms with Gasteiger partial charge in [0.05, 0.1) is 6.04 Å². The molecule has 2 aromatic rings. The minimum Gasteiger partial charge on any atom is -0.358 e. The van der Waals surface area contributed by atoms with Crippen LogP contribution >= 0.6 is 0 Å². The summed E-state index contributed by atoms with van der Waals surface area (Å²) < 4.78 is 0. The van der Waals surface area contributed by atoms with Crippen LogP contribution in [0.5, 0.6) is 0 Å². The molecule has 2 atom stereocenters. The van der Waals surface area contributed by atoms with Gasteiger partial charge in [0.2, 0.25) is 11.8 Å². The van der Waals surface area contributed by atoms with E-state index in [2.05, 4.69) is 15.6 Å². The lowest BCUT2D eigenvalue weighted by Gasteiger charge is -2.31. The van der Waals surface area contributed by atoms with Crippen molar-refractivity contribution in [3.8, 4) is 0 Å². The third-order valence-corrected chi connectivity index (χ3v) is 4.75. The van der Waals surface area contributed by atoms with Gasteiger partial charge in [0.25, 0.3) is 0 Å². The second-order valence-corrected chi connectivity index (χ2v) is 6.40. The molecule has 0 saturated carbocycles. The first-order valence-electron chi connectivity index (χ1n) is 8.89. The summed E-state index contributed by atoms with van der Waals surface area (Å²) in [6.07, 6.45) is 5.07. The van der Waals surface area contributed by atoms with E-state index in [0.717, 1.165) is 30.5 Å². The first kappa shape index (κ1) is 18.1. The van der Waals surface area contributed by atoms with Crippen molar-refractivity contribution < 1.29 is 9.59 Å². The summed E-state index contributed by atoms with van der Waals surface area (Å²) in [5.74, 6) is -0.130. The number of pyridine rings is 1. The van der Waals surface area contributed by atoms with Crippen molar-refractivity contribution in [3.63, 3.8) is 0 Å². The molecule has 1 aliphatic heterocycles. The van der Waals surface area contributed by atoms with Crippen LogP contribution in [0.15, 0.2) is 54.9 Å². The number of benzene rings is 1. The summed E-state index contributed by atoms with van der Waals surface area (Å²) >= 11 is 0. The maximum atomic E-state index is 12.8. The lowest BCUT2D eigenvalue weighted by molar-refractivity contribution is -0.131. The maximum absolute atomic E-state index is 12.8. The first-order valence-corrected chi connectivity index (χ1v) is 8.89. The van der Waals surface area contributed by atoms with Gasteiger partial charge in [0.15, 0.2) is 0 Å². The zero-order valence-corrected chi connectivity index (χ0v) is 14.9. The smallest absolute Gasteiger partial charge is 0.241 e. The van der Waals surface area contributed by atoms with Crippen molar-refractivity contribution in [3.05, 3.63) is 66.0 Å². The molecule has 1 saturated heterocycles. The summed E-state index contributed by atoms with van der Waals surface area (Å²) in [4.78, 5) is 31.3. The third kappa shape index (κ3) is 4.08. The molecule has 0 radical (unpaired) electrons. The molecule has 26 heavy (non-hydrogen) atoms. The molecule has 1 aromatic carbocycles. The zero-order valence-electron chi connectivity index (χ0n) is 14.9. The fraction of sp³-hybridized carbons (Fsp3) is 0.350. The molecule has 0 bridgehead atoms. The summed E-state index contributed by atoms with van der Waals surface area (Å²) in [6.45, 7) is 1.18. The van der Waals surface area contributed by atoms with E-state index in [1.54, 1.807) is 19.4 Å². The Morgan fingerprint density at radius 1 is 1.19 bits per heavy atom. The highest BCUT2D eigenvalue weighted by Crippen LogP contribution is 2.30. The Hall–Kier alpha value is -2.73. The fourth-order valence-electron chi connectivity index (χ4n) is 3.45. The summed E-state index contributed by atoms with van der Waals surface area (Å²) in [5.41, 5.74) is 1.91. The van der Waals surface area contributed by atoms with Crippen molar-refractivity contribution >= 4 is 11.8 Å². The molecule has 6 heteroatoms. The number of amides is 2. The summed E-state index contributed by atoms with van der Waals surface area (Å²) in [6, 6.07) is 12.6. The van der Waals surface area contributed by atoms with E-state index >= 15 is 0 Å². The van der Waals surface area contributed by atoms with Gasteiger partial charge in [0, 0.05) is 32.5 Å². The SMILES string of the molecule is CNC(=O)[C@@H](c1ccccc1)N1CCC[C@H]1C(=O)NCc1ccncc1. The van der Waals surface area contributed by atoms with Crippen molar-refractivity contribution in [2.75, 3.05) is 13.6 Å². The molecule has 1 aromatic heterocycles. The van der Waals surface area contributed by atoms with Gasteiger partial charge in [-0.3, -0.25) is 19.5 Å². The molecule has 0 spiro atoms.